The molecule has 0 aromatic carbocycles. The number of nitrogens with one attached hydrogen (secondary N) is 3. The lowest BCUT2D eigenvalue weighted by atomic mass is 10.2. The van der Waals surface area contributed by atoms with Crippen molar-refractivity contribution in [3.63, 3.8) is 0 Å². The van der Waals surface area contributed by atoms with Crippen LogP contribution in [0.3, 0.4) is 0 Å². The molecule has 0 unspecified atom stereocenters. The van der Waals surface area contributed by atoms with Gasteiger partial charge in [0.25, 0.3) is 0 Å². The zero-order valence-corrected chi connectivity index (χ0v) is 21.9. The van der Waals surface area contributed by atoms with E-state index in [2.05, 4.69) is 16.0 Å². The molecule has 0 saturated heterocycles. The zero-order chi connectivity index (χ0) is 26.0. The summed E-state index contributed by atoms with van der Waals surface area (Å²) in [5.41, 5.74) is 6.52. The first kappa shape index (κ1) is 33.1. The molecule has 0 spiro atoms. The summed E-state index contributed by atoms with van der Waals surface area (Å²) in [4.78, 5) is 23.4. The molecule has 35 heavy (non-hydrogen) atoms. The van der Waals surface area contributed by atoms with Gasteiger partial charge in [-0.1, -0.05) is 0 Å². The van der Waals surface area contributed by atoms with Crippen molar-refractivity contribution in [2.45, 2.75) is 52.6 Å². The van der Waals surface area contributed by atoms with Crippen molar-refractivity contribution < 1.29 is 33.3 Å². The lowest BCUT2D eigenvalue weighted by Gasteiger charge is -2.09. The third kappa shape index (κ3) is 26.5. The lowest BCUT2D eigenvalue weighted by molar-refractivity contribution is -0.122. The molecule has 0 bridgehead atoms. The fourth-order valence-corrected chi connectivity index (χ4v) is 2.58. The number of allylic oxidation sites excluding steroid dienone is 1. The highest BCUT2D eigenvalue weighted by molar-refractivity contribution is 5.76. The van der Waals surface area contributed by atoms with Crippen molar-refractivity contribution in [1.82, 2.24) is 16.0 Å². The van der Waals surface area contributed by atoms with Crippen LogP contribution in [0.25, 0.3) is 0 Å². The molecule has 0 fully saturated rings. The maximum atomic E-state index is 11.9. The van der Waals surface area contributed by atoms with E-state index < -0.39 is 0 Å². The number of ether oxygens (including phenoxy) is 5. The number of hydrogen-bond acceptors (Lipinski definition) is 9. The molecule has 0 aliphatic carbocycles. The van der Waals surface area contributed by atoms with E-state index in [1.165, 1.54) is 0 Å². The Morgan fingerprint density at radius 3 is 1.91 bits per heavy atom. The SMILES string of the molecule is CCOCCC(=O)NCCCNC(=O)CC/C(N)=C/NCCOCCOCCOCCOC(C)C. The summed E-state index contributed by atoms with van der Waals surface area (Å²) >= 11 is 0. The van der Waals surface area contributed by atoms with Crippen LogP contribution in [0.15, 0.2) is 11.9 Å². The van der Waals surface area contributed by atoms with Crippen molar-refractivity contribution in [3.05, 3.63) is 11.9 Å². The van der Waals surface area contributed by atoms with E-state index in [1.807, 2.05) is 20.8 Å². The van der Waals surface area contributed by atoms with Crippen LogP contribution < -0.4 is 21.7 Å². The Hall–Kier alpha value is -1.92. The highest BCUT2D eigenvalue weighted by Crippen LogP contribution is 1.97. The normalized spacial score (nSPS) is 11.6. The van der Waals surface area contributed by atoms with Gasteiger partial charge in [-0.05, 0) is 33.6 Å². The second-order valence-corrected chi connectivity index (χ2v) is 7.93. The first-order valence-electron chi connectivity index (χ1n) is 12.6. The second kappa shape index (κ2) is 25.2. The summed E-state index contributed by atoms with van der Waals surface area (Å²) < 4.78 is 26.8. The van der Waals surface area contributed by atoms with Gasteiger partial charge in [-0.25, -0.2) is 0 Å². The van der Waals surface area contributed by atoms with Crippen LogP contribution in [-0.4, -0.2) is 97.0 Å². The van der Waals surface area contributed by atoms with Gasteiger partial charge in [-0.15, -0.1) is 0 Å². The summed E-state index contributed by atoms with van der Waals surface area (Å²) in [5.74, 6) is -0.111. The molecule has 0 aromatic rings. The molecule has 206 valence electrons. The van der Waals surface area contributed by atoms with E-state index in [-0.39, 0.29) is 17.9 Å². The fourth-order valence-electron chi connectivity index (χ4n) is 2.58. The summed E-state index contributed by atoms with van der Waals surface area (Å²) in [6, 6.07) is 0. The predicted molar refractivity (Wildman–Crippen MR) is 135 cm³/mol. The van der Waals surface area contributed by atoms with Gasteiger partial charge in [0, 0.05) is 51.0 Å². The largest absolute Gasteiger partial charge is 0.401 e. The number of rotatable bonds is 25. The van der Waals surface area contributed by atoms with Crippen molar-refractivity contribution >= 4 is 11.8 Å². The molecular formula is C24H48N4O7. The second-order valence-electron chi connectivity index (χ2n) is 7.93. The van der Waals surface area contributed by atoms with Crippen LogP contribution in [0.4, 0.5) is 0 Å². The Kier molecular flexibility index (Phi) is 23.8. The molecule has 0 aromatic heterocycles. The van der Waals surface area contributed by atoms with Gasteiger partial charge in [0.05, 0.1) is 59.0 Å². The average Bonchev–Trinajstić information content (AvgIpc) is 2.82. The van der Waals surface area contributed by atoms with Crippen LogP contribution in [-0.2, 0) is 33.3 Å². The molecule has 0 heterocycles. The summed E-state index contributed by atoms with van der Waals surface area (Å²) in [6.07, 6.45) is 3.73. The van der Waals surface area contributed by atoms with Gasteiger partial charge in [0.15, 0.2) is 0 Å². The molecule has 0 aliphatic heterocycles. The van der Waals surface area contributed by atoms with Gasteiger partial charge < -0.3 is 45.4 Å². The van der Waals surface area contributed by atoms with E-state index in [0.717, 1.165) is 0 Å². The Morgan fingerprint density at radius 2 is 1.31 bits per heavy atom. The standard InChI is InChI=1S/C24H48N4O7/c1-4-31-12-8-24(30)28-10-5-9-27-23(29)7-6-22(25)20-26-11-13-32-14-15-33-16-17-34-18-19-35-21(2)3/h20-21,26H,4-19,25H2,1-3H3,(H,27,29)(H,28,30)/b22-20-. The van der Waals surface area contributed by atoms with E-state index in [4.69, 9.17) is 29.4 Å². The monoisotopic (exact) mass is 504 g/mol. The topological polar surface area (TPSA) is 142 Å². The molecule has 0 aliphatic rings. The number of carbonyl (C=O) groups is 2. The number of carbonyl (C=O) groups excluding carboxylic acids is 2. The van der Waals surface area contributed by atoms with Gasteiger partial charge in [0.1, 0.15) is 0 Å². The lowest BCUT2D eigenvalue weighted by Crippen LogP contribution is -2.30. The van der Waals surface area contributed by atoms with E-state index in [1.54, 1.807) is 6.20 Å². The molecule has 11 nitrogen and oxygen atoms in total. The minimum atomic E-state index is -0.0679. The highest BCUT2D eigenvalue weighted by atomic mass is 16.6. The van der Waals surface area contributed by atoms with Crippen LogP contribution >= 0.6 is 0 Å². The first-order chi connectivity index (χ1) is 17.0. The quantitative estimate of drug-likeness (QED) is 0.132. The van der Waals surface area contributed by atoms with Crippen LogP contribution in [0, 0.1) is 0 Å². The Labute approximate surface area is 210 Å². The van der Waals surface area contributed by atoms with Gasteiger partial charge in [-0.3, -0.25) is 9.59 Å². The van der Waals surface area contributed by atoms with Crippen LogP contribution in [0.5, 0.6) is 0 Å². The van der Waals surface area contributed by atoms with Crippen LogP contribution in [0.2, 0.25) is 0 Å². The highest BCUT2D eigenvalue weighted by Gasteiger charge is 2.03. The maximum Gasteiger partial charge on any atom is 0.222 e. The molecule has 5 N–H and O–H groups in total. The molecule has 0 radical (unpaired) electrons. The molecule has 0 rings (SSSR count). The molecule has 0 atom stereocenters. The van der Waals surface area contributed by atoms with Crippen molar-refractivity contribution in [2.75, 3.05) is 79.1 Å². The zero-order valence-electron chi connectivity index (χ0n) is 21.9. The maximum absolute atomic E-state index is 11.9. The summed E-state index contributed by atoms with van der Waals surface area (Å²) in [6.45, 7) is 12.3. The Bertz CT molecular complexity index is 548. The Balaban J connectivity index is 3.45. The van der Waals surface area contributed by atoms with Crippen LogP contribution in [0.1, 0.15) is 46.5 Å². The third-order valence-corrected chi connectivity index (χ3v) is 4.42. The molecule has 11 heteroatoms. The minimum Gasteiger partial charge on any atom is -0.401 e. The van der Waals surface area contributed by atoms with E-state index >= 15 is 0 Å². The van der Waals surface area contributed by atoms with Crippen molar-refractivity contribution in [1.29, 1.82) is 0 Å². The molecule has 0 saturated carbocycles. The predicted octanol–water partition coefficient (Wildman–Crippen LogP) is 0.680. The van der Waals surface area contributed by atoms with Gasteiger partial charge in [0.2, 0.25) is 11.8 Å². The van der Waals surface area contributed by atoms with E-state index in [0.29, 0.717) is 110 Å². The smallest absolute Gasteiger partial charge is 0.222 e. The Morgan fingerprint density at radius 1 is 0.743 bits per heavy atom. The summed E-state index contributed by atoms with van der Waals surface area (Å²) in [7, 11) is 0. The first-order valence-corrected chi connectivity index (χ1v) is 12.6. The molecule has 2 amide bonds. The van der Waals surface area contributed by atoms with Crippen molar-refractivity contribution in [2.24, 2.45) is 5.73 Å². The third-order valence-electron chi connectivity index (χ3n) is 4.42. The number of hydrogen-bond donors (Lipinski definition) is 4. The number of amides is 2. The van der Waals surface area contributed by atoms with E-state index in [9.17, 15) is 9.59 Å². The van der Waals surface area contributed by atoms with Crippen molar-refractivity contribution in [3.8, 4) is 0 Å². The van der Waals surface area contributed by atoms with Gasteiger partial charge >= 0.3 is 0 Å². The summed E-state index contributed by atoms with van der Waals surface area (Å²) in [5, 5.41) is 8.69. The minimum absolute atomic E-state index is 0.0430. The fraction of sp³-hybridized carbons (Fsp3) is 0.833. The van der Waals surface area contributed by atoms with Gasteiger partial charge in [-0.2, -0.15) is 0 Å². The number of nitrogens with two attached hydrogens (primary N) is 1. The average molecular weight is 505 g/mol. The molecular weight excluding hydrogens is 456 g/mol.